The molecular formula is C24H20IN5O. The summed E-state index contributed by atoms with van der Waals surface area (Å²) < 4.78 is 1.02. The van der Waals surface area contributed by atoms with Gasteiger partial charge in [-0.1, -0.05) is 24.3 Å². The molecule has 0 unspecified atom stereocenters. The van der Waals surface area contributed by atoms with Crippen molar-refractivity contribution >= 4 is 57.3 Å². The first-order valence-electron chi connectivity index (χ1n) is 9.67. The number of aromatic nitrogens is 2. The van der Waals surface area contributed by atoms with Gasteiger partial charge in [0.05, 0.1) is 0 Å². The number of anilines is 5. The van der Waals surface area contributed by atoms with E-state index in [-0.39, 0.29) is 5.91 Å². The minimum absolute atomic E-state index is 0.141. The average molecular weight is 521 g/mol. The summed E-state index contributed by atoms with van der Waals surface area (Å²) in [6, 6.07) is 26.6. The zero-order valence-electron chi connectivity index (χ0n) is 16.8. The molecule has 3 N–H and O–H groups in total. The normalized spacial score (nSPS) is 10.4. The molecule has 6 nitrogen and oxygen atoms in total. The fourth-order valence-electron chi connectivity index (χ4n) is 2.96. The molecule has 4 aromatic rings. The molecule has 0 atom stereocenters. The fraction of sp³-hybridized carbons (Fsp3) is 0.0417. The van der Waals surface area contributed by atoms with Crippen LogP contribution in [0.25, 0.3) is 0 Å². The van der Waals surface area contributed by atoms with E-state index in [1.54, 1.807) is 6.07 Å². The van der Waals surface area contributed by atoms with E-state index in [2.05, 4.69) is 48.5 Å². The largest absolute Gasteiger partial charge is 0.340 e. The standard InChI is InChI=1S/C24H20IN5O/c1-16-14-22(27-19-8-3-2-4-9-19)30-24(26-16)29-21-12-10-20(11-13-21)28-23(31)17-6-5-7-18(25)15-17/h2-15H,1H3,(H,28,31)(H2,26,27,29,30). The Kier molecular flexibility index (Phi) is 6.42. The molecule has 0 saturated carbocycles. The maximum atomic E-state index is 12.4. The van der Waals surface area contributed by atoms with E-state index in [4.69, 9.17) is 0 Å². The summed E-state index contributed by atoms with van der Waals surface area (Å²) in [6.45, 7) is 1.92. The smallest absolute Gasteiger partial charge is 0.255 e. The van der Waals surface area contributed by atoms with E-state index in [1.807, 2.05) is 85.8 Å². The molecule has 7 heteroatoms. The number of benzene rings is 3. The van der Waals surface area contributed by atoms with Crippen LogP contribution in [-0.4, -0.2) is 15.9 Å². The maximum Gasteiger partial charge on any atom is 0.255 e. The van der Waals surface area contributed by atoms with Crippen LogP contribution in [0, 0.1) is 10.5 Å². The SMILES string of the molecule is Cc1cc(Nc2ccccc2)nc(Nc2ccc(NC(=O)c3cccc(I)c3)cc2)n1. The molecule has 1 heterocycles. The number of nitrogens with zero attached hydrogens (tertiary/aromatic N) is 2. The minimum atomic E-state index is -0.141. The summed E-state index contributed by atoms with van der Waals surface area (Å²) in [6.07, 6.45) is 0. The molecule has 0 spiro atoms. The molecule has 3 aromatic carbocycles. The van der Waals surface area contributed by atoms with Crippen LogP contribution in [0.1, 0.15) is 16.1 Å². The predicted octanol–water partition coefficient (Wildman–Crippen LogP) is 6.13. The Bertz CT molecular complexity index is 1200. The number of rotatable bonds is 6. The number of halogens is 1. The molecule has 0 saturated heterocycles. The van der Waals surface area contributed by atoms with Crippen LogP contribution >= 0.6 is 22.6 Å². The first kappa shape index (κ1) is 20.8. The third-order valence-electron chi connectivity index (χ3n) is 4.39. The van der Waals surface area contributed by atoms with Gasteiger partial charge in [-0.2, -0.15) is 4.98 Å². The van der Waals surface area contributed by atoms with Gasteiger partial charge in [0.1, 0.15) is 5.82 Å². The molecule has 31 heavy (non-hydrogen) atoms. The Morgan fingerprint density at radius 3 is 2.23 bits per heavy atom. The third kappa shape index (κ3) is 5.79. The molecule has 0 radical (unpaired) electrons. The summed E-state index contributed by atoms with van der Waals surface area (Å²) in [5, 5.41) is 9.41. The van der Waals surface area contributed by atoms with Gasteiger partial charge < -0.3 is 16.0 Å². The zero-order chi connectivity index (χ0) is 21.6. The highest BCUT2D eigenvalue weighted by Crippen LogP contribution is 2.21. The van der Waals surface area contributed by atoms with Gasteiger partial charge >= 0.3 is 0 Å². The first-order valence-corrected chi connectivity index (χ1v) is 10.7. The quantitative estimate of drug-likeness (QED) is 0.266. The summed E-state index contributed by atoms with van der Waals surface area (Å²) in [5.74, 6) is 1.06. The van der Waals surface area contributed by atoms with E-state index < -0.39 is 0 Å². The average Bonchev–Trinajstić information content (AvgIpc) is 2.75. The molecule has 0 bridgehead atoms. The Morgan fingerprint density at radius 1 is 0.774 bits per heavy atom. The van der Waals surface area contributed by atoms with Crippen molar-refractivity contribution in [2.75, 3.05) is 16.0 Å². The van der Waals surface area contributed by atoms with E-state index in [9.17, 15) is 4.79 Å². The van der Waals surface area contributed by atoms with E-state index in [0.717, 1.165) is 20.6 Å². The zero-order valence-corrected chi connectivity index (χ0v) is 18.9. The fourth-order valence-corrected chi connectivity index (χ4v) is 3.50. The summed E-state index contributed by atoms with van der Waals surface area (Å²) in [4.78, 5) is 21.4. The van der Waals surface area contributed by atoms with Crippen molar-refractivity contribution in [2.24, 2.45) is 0 Å². The lowest BCUT2D eigenvalue weighted by molar-refractivity contribution is 0.102. The summed E-state index contributed by atoms with van der Waals surface area (Å²) >= 11 is 2.19. The van der Waals surface area contributed by atoms with E-state index >= 15 is 0 Å². The Labute approximate surface area is 194 Å². The topological polar surface area (TPSA) is 78.9 Å². The van der Waals surface area contributed by atoms with Gasteiger partial charge in [0.15, 0.2) is 0 Å². The van der Waals surface area contributed by atoms with Crippen LogP contribution in [-0.2, 0) is 0 Å². The second kappa shape index (κ2) is 9.57. The number of para-hydroxylation sites is 1. The van der Waals surface area contributed by atoms with Crippen molar-refractivity contribution in [3.63, 3.8) is 0 Å². The summed E-state index contributed by atoms with van der Waals surface area (Å²) in [7, 11) is 0. The van der Waals surface area contributed by atoms with Gasteiger partial charge in [0, 0.05) is 38.0 Å². The van der Waals surface area contributed by atoms with Crippen molar-refractivity contribution in [1.82, 2.24) is 9.97 Å². The van der Waals surface area contributed by atoms with Crippen molar-refractivity contribution < 1.29 is 4.79 Å². The third-order valence-corrected chi connectivity index (χ3v) is 5.06. The Hall–Kier alpha value is -3.46. The molecule has 0 aliphatic carbocycles. The van der Waals surface area contributed by atoms with Crippen LogP contribution in [0.4, 0.5) is 28.8 Å². The van der Waals surface area contributed by atoms with Crippen LogP contribution in [0.5, 0.6) is 0 Å². The van der Waals surface area contributed by atoms with Gasteiger partial charge in [0.25, 0.3) is 5.91 Å². The van der Waals surface area contributed by atoms with Gasteiger partial charge in [-0.05, 0) is 84.1 Å². The van der Waals surface area contributed by atoms with Crippen molar-refractivity contribution in [3.8, 4) is 0 Å². The lowest BCUT2D eigenvalue weighted by Gasteiger charge is -2.11. The maximum absolute atomic E-state index is 12.4. The van der Waals surface area contributed by atoms with E-state index in [1.165, 1.54) is 0 Å². The number of carbonyl (C=O) groups is 1. The van der Waals surface area contributed by atoms with Crippen LogP contribution in [0.3, 0.4) is 0 Å². The van der Waals surface area contributed by atoms with Crippen LogP contribution < -0.4 is 16.0 Å². The van der Waals surface area contributed by atoms with Crippen LogP contribution in [0.15, 0.2) is 84.9 Å². The lowest BCUT2D eigenvalue weighted by Crippen LogP contribution is -2.11. The monoisotopic (exact) mass is 521 g/mol. The number of nitrogens with one attached hydrogen (secondary N) is 3. The van der Waals surface area contributed by atoms with Crippen LogP contribution in [0.2, 0.25) is 0 Å². The molecule has 1 amide bonds. The minimum Gasteiger partial charge on any atom is -0.340 e. The van der Waals surface area contributed by atoms with Gasteiger partial charge in [-0.3, -0.25) is 4.79 Å². The number of hydrogen-bond donors (Lipinski definition) is 3. The number of hydrogen-bond acceptors (Lipinski definition) is 5. The second-order valence-electron chi connectivity index (χ2n) is 6.88. The number of aryl methyl sites for hydroxylation is 1. The highest BCUT2D eigenvalue weighted by molar-refractivity contribution is 14.1. The molecule has 0 fully saturated rings. The van der Waals surface area contributed by atoms with Gasteiger partial charge in [0.2, 0.25) is 5.95 Å². The van der Waals surface area contributed by atoms with E-state index in [0.29, 0.717) is 23.0 Å². The Balaban J connectivity index is 1.43. The van der Waals surface area contributed by atoms with Gasteiger partial charge in [-0.15, -0.1) is 0 Å². The molecule has 4 rings (SSSR count). The predicted molar refractivity (Wildman–Crippen MR) is 133 cm³/mol. The molecule has 0 aliphatic heterocycles. The molecular weight excluding hydrogens is 501 g/mol. The van der Waals surface area contributed by atoms with Gasteiger partial charge in [-0.25, -0.2) is 4.98 Å². The molecule has 1 aromatic heterocycles. The summed E-state index contributed by atoms with van der Waals surface area (Å²) in [5.41, 5.74) is 3.97. The highest BCUT2D eigenvalue weighted by atomic mass is 127. The highest BCUT2D eigenvalue weighted by Gasteiger charge is 2.07. The number of carbonyl (C=O) groups excluding carboxylic acids is 1. The van der Waals surface area contributed by atoms with Crippen molar-refractivity contribution in [2.45, 2.75) is 6.92 Å². The number of amides is 1. The molecule has 154 valence electrons. The van der Waals surface area contributed by atoms with Crippen molar-refractivity contribution in [1.29, 1.82) is 0 Å². The molecule has 0 aliphatic rings. The second-order valence-corrected chi connectivity index (χ2v) is 8.12. The Morgan fingerprint density at radius 2 is 1.48 bits per heavy atom. The lowest BCUT2D eigenvalue weighted by atomic mass is 10.2. The first-order chi connectivity index (χ1) is 15.0. The van der Waals surface area contributed by atoms with Crippen molar-refractivity contribution in [3.05, 3.63) is 99.8 Å².